The Kier molecular flexibility index (Phi) is 6.91. The van der Waals surface area contributed by atoms with Crippen molar-refractivity contribution in [1.29, 1.82) is 0 Å². The molecule has 0 aliphatic carbocycles. The lowest BCUT2D eigenvalue weighted by Gasteiger charge is -2.15. The molecule has 1 amide bonds. The van der Waals surface area contributed by atoms with E-state index in [0.29, 0.717) is 18.9 Å². The normalized spacial score (nSPS) is 11.0. The molecule has 6 heteroatoms. The Labute approximate surface area is 153 Å². The maximum atomic E-state index is 11.9. The molecular weight excluding hydrogens is 342 g/mol. The summed E-state index contributed by atoms with van der Waals surface area (Å²) >= 11 is 6.21. The number of hydrogen-bond donors (Lipinski definition) is 1. The molecule has 5 nitrogen and oxygen atoms in total. The van der Waals surface area contributed by atoms with Gasteiger partial charge in [0.05, 0.1) is 6.61 Å². The van der Waals surface area contributed by atoms with Gasteiger partial charge in [-0.1, -0.05) is 25.4 Å². The summed E-state index contributed by atoms with van der Waals surface area (Å²) in [4.78, 5) is 11.9. The predicted octanol–water partition coefficient (Wildman–Crippen LogP) is 4.32. The largest absolute Gasteiger partial charge is 0.485 e. The summed E-state index contributed by atoms with van der Waals surface area (Å²) in [7, 11) is 1.58. The fourth-order valence-electron chi connectivity index (χ4n) is 2.33. The van der Waals surface area contributed by atoms with E-state index in [4.69, 9.17) is 25.5 Å². The fraction of sp³-hybridized carbons (Fsp3) is 0.421. The van der Waals surface area contributed by atoms with Crippen LogP contribution in [0.5, 0.6) is 5.75 Å². The Morgan fingerprint density at radius 2 is 2.08 bits per heavy atom. The molecule has 2 rings (SSSR count). The highest BCUT2D eigenvalue weighted by Crippen LogP contribution is 2.32. The molecule has 0 aliphatic heterocycles. The number of nitrogens with one attached hydrogen (secondary N) is 1. The molecule has 0 fully saturated rings. The highest BCUT2D eigenvalue weighted by molar-refractivity contribution is 6.31. The number of hydrogen-bond acceptors (Lipinski definition) is 4. The molecule has 1 aromatic heterocycles. The molecule has 0 saturated heterocycles. The van der Waals surface area contributed by atoms with Crippen LogP contribution < -0.4 is 10.1 Å². The van der Waals surface area contributed by atoms with E-state index in [2.05, 4.69) is 19.2 Å². The number of ether oxygens (including phenoxy) is 2. The molecule has 1 aromatic carbocycles. The zero-order chi connectivity index (χ0) is 18.4. The number of benzene rings is 1. The number of methoxy groups -OCH3 is 1. The van der Waals surface area contributed by atoms with Crippen molar-refractivity contribution < 1.29 is 18.7 Å². The van der Waals surface area contributed by atoms with Gasteiger partial charge in [0, 0.05) is 18.7 Å². The second-order valence-corrected chi connectivity index (χ2v) is 6.50. The summed E-state index contributed by atoms with van der Waals surface area (Å²) in [5, 5.41) is 3.44. The minimum Gasteiger partial charge on any atom is -0.485 e. The zero-order valence-electron chi connectivity index (χ0n) is 15.0. The zero-order valence-corrected chi connectivity index (χ0v) is 15.8. The SMILES string of the molecule is COCCNC(=O)c1ccc(COc2cc(C)c(Cl)cc2C(C)C)o1. The van der Waals surface area contributed by atoms with Crippen molar-refractivity contribution in [2.24, 2.45) is 0 Å². The minimum atomic E-state index is -0.270. The second kappa shape index (κ2) is 8.92. The molecular formula is C19H24ClNO4. The average molecular weight is 366 g/mol. The number of rotatable bonds is 8. The van der Waals surface area contributed by atoms with E-state index in [1.54, 1.807) is 19.2 Å². The van der Waals surface area contributed by atoms with Gasteiger partial charge < -0.3 is 19.2 Å². The van der Waals surface area contributed by atoms with E-state index in [-0.39, 0.29) is 24.2 Å². The first-order valence-corrected chi connectivity index (χ1v) is 8.58. The Morgan fingerprint density at radius 3 is 2.76 bits per heavy atom. The summed E-state index contributed by atoms with van der Waals surface area (Å²) in [5.74, 6) is 1.63. The number of carbonyl (C=O) groups excluding carboxylic acids is 1. The van der Waals surface area contributed by atoms with Crippen LogP contribution in [0.25, 0.3) is 0 Å². The Balaban J connectivity index is 2.03. The van der Waals surface area contributed by atoms with Crippen LogP contribution in [0.4, 0.5) is 0 Å². The van der Waals surface area contributed by atoms with E-state index >= 15 is 0 Å². The van der Waals surface area contributed by atoms with Crippen molar-refractivity contribution in [3.05, 3.63) is 51.9 Å². The van der Waals surface area contributed by atoms with E-state index in [0.717, 1.165) is 21.9 Å². The summed E-state index contributed by atoms with van der Waals surface area (Å²) in [6.07, 6.45) is 0. The molecule has 136 valence electrons. The third kappa shape index (κ3) is 5.25. The summed E-state index contributed by atoms with van der Waals surface area (Å²) in [5.41, 5.74) is 2.00. The van der Waals surface area contributed by atoms with Crippen LogP contribution in [-0.4, -0.2) is 26.2 Å². The van der Waals surface area contributed by atoms with Gasteiger partial charge in [0.25, 0.3) is 5.91 Å². The molecule has 0 unspecified atom stereocenters. The van der Waals surface area contributed by atoms with Gasteiger partial charge in [-0.3, -0.25) is 4.79 Å². The Morgan fingerprint density at radius 1 is 1.32 bits per heavy atom. The number of carbonyl (C=O) groups is 1. The van der Waals surface area contributed by atoms with E-state index in [1.165, 1.54) is 0 Å². The first-order valence-electron chi connectivity index (χ1n) is 8.21. The van der Waals surface area contributed by atoms with Gasteiger partial charge in [-0.2, -0.15) is 0 Å². The third-order valence-electron chi connectivity index (χ3n) is 3.76. The van der Waals surface area contributed by atoms with Crippen LogP contribution in [-0.2, 0) is 11.3 Å². The summed E-state index contributed by atoms with van der Waals surface area (Å²) in [6, 6.07) is 7.24. The maximum absolute atomic E-state index is 11.9. The van der Waals surface area contributed by atoms with E-state index in [1.807, 2.05) is 19.1 Å². The molecule has 1 heterocycles. The standard InChI is InChI=1S/C19H24ClNO4/c1-12(2)15-10-16(20)13(3)9-18(15)24-11-14-5-6-17(25-14)19(22)21-7-8-23-4/h5-6,9-10,12H,7-8,11H2,1-4H3,(H,21,22). The van der Waals surface area contributed by atoms with Crippen LogP contribution in [0.2, 0.25) is 5.02 Å². The minimum absolute atomic E-state index is 0.242. The molecule has 1 N–H and O–H groups in total. The van der Waals surface area contributed by atoms with Crippen LogP contribution in [0.15, 0.2) is 28.7 Å². The average Bonchev–Trinajstić information content (AvgIpc) is 3.04. The first-order chi connectivity index (χ1) is 11.9. The molecule has 2 aromatic rings. The number of halogens is 1. The van der Waals surface area contributed by atoms with Gasteiger partial charge in [0.15, 0.2) is 5.76 Å². The highest BCUT2D eigenvalue weighted by atomic mass is 35.5. The first kappa shape index (κ1) is 19.3. The molecule has 0 spiro atoms. The van der Waals surface area contributed by atoms with Crippen LogP contribution in [0.3, 0.4) is 0 Å². The van der Waals surface area contributed by atoms with Crippen LogP contribution >= 0.6 is 11.6 Å². The molecule has 0 radical (unpaired) electrons. The quantitative estimate of drug-likeness (QED) is 0.708. The summed E-state index contributed by atoms with van der Waals surface area (Å²) < 4.78 is 16.4. The lowest BCUT2D eigenvalue weighted by atomic mass is 10.0. The van der Waals surface area contributed by atoms with Crippen molar-refractivity contribution in [2.75, 3.05) is 20.3 Å². The predicted molar refractivity (Wildman–Crippen MR) is 97.5 cm³/mol. The molecule has 0 aliphatic rings. The monoisotopic (exact) mass is 365 g/mol. The summed E-state index contributed by atoms with van der Waals surface area (Å²) in [6.45, 7) is 7.24. The fourth-order valence-corrected chi connectivity index (χ4v) is 2.50. The molecule has 0 saturated carbocycles. The van der Waals surface area contributed by atoms with Gasteiger partial charge in [0.1, 0.15) is 18.1 Å². The van der Waals surface area contributed by atoms with E-state index in [9.17, 15) is 4.79 Å². The maximum Gasteiger partial charge on any atom is 0.287 e. The van der Waals surface area contributed by atoms with Gasteiger partial charge in [-0.25, -0.2) is 0 Å². The topological polar surface area (TPSA) is 60.7 Å². The van der Waals surface area contributed by atoms with Gasteiger partial charge in [0.2, 0.25) is 0 Å². The smallest absolute Gasteiger partial charge is 0.287 e. The van der Waals surface area contributed by atoms with Crippen molar-refractivity contribution >= 4 is 17.5 Å². The Bertz CT molecular complexity index is 724. The lowest BCUT2D eigenvalue weighted by Crippen LogP contribution is -2.26. The number of aryl methyl sites for hydroxylation is 1. The van der Waals surface area contributed by atoms with Gasteiger partial charge in [-0.05, 0) is 48.2 Å². The van der Waals surface area contributed by atoms with Crippen LogP contribution in [0, 0.1) is 6.92 Å². The van der Waals surface area contributed by atoms with Gasteiger partial charge in [-0.15, -0.1) is 0 Å². The second-order valence-electron chi connectivity index (χ2n) is 6.10. The number of amides is 1. The highest BCUT2D eigenvalue weighted by Gasteiger charge is 2.14. The Hall–Kier alpha value is -1.98. The van der Waals surface area contributed by atoms with Crippen molar-refractivity contribution in [3.63, 3.8) is 0 Å². The van der Waals surface area contributed by atoms with Crippen molar-refractivity contribution in [2.45, 2.75) is 33.3 Å². The van der Waals surface area contributed by atoms with Crippen molar-refractivity contribution in [1.82, 2.24) is 5.32 Å². The molecule has 25 heavy (non-hydrogen) atoms. The van der Waals surface area contributed by atoms with Crippen LogP contribution in [0.1, 0.15) is 47.2 Å². The number of furan rings is 1. The van der Waals surface area contributed by atoms with E-state index < -0.39 is 0 Å². The van der Waals surface area contributed by atoms with Gasteiger partial charge >= 0.3 is 0 Å². The molecule has 0 atom stereocenters. The third-order valence-corrected chi connectivity index (χ3v) is 4.17. The molecule has 0 bridgehead atoms. The lowest BCUT2D eigenvalue weighted by molar-refractivity contribution is 0.0905. The van der Waals surface area contributed by atoms with Crippen molar-refractivity contribution in [3.8, 4) is 5.75 Å².